The summed E-state index contributed by atoms with van der Waals surface area (Å²) in [5, 5.41) is 4.06. The van der Waals surface area contributed by atoms with Crippen molar-refractivity contribution >= 4 is 17.3 Å². The Morgan fingerprint density at radius 1 is 1.16 bits per heavy atom. The van der Waals surface area contributed by atoms with Crippen LogP contribution in [0, 0.1) is 0 Å². The number of nitrogens with one attached hydrogen (secondary N) is 1. The van der Waals surface area contributed by atoms with Gasteiger partial charge in [-0.3, -0.25) is 0 Å². The molecule has 2 nitrogen and oxygen atoms in total. The smallest absolute Gasteiger partial charge is 0.138 e. The Bertz CT molecular complexity index is 528. The lowest BCUT2D eigenvalue weighted by atomic mass is 10.1. The lowest BCUT2D eigenvalue weighted by molar-refractivity contribution is 0.340. The number of anilines is 1. The summed E-state index contributed by atoms with van der Waals surface area (Å²) in [5.41, 5.74) is 2.23. The van der Waals surface area contributed by atoms with Crippen molar-refractivity contribution in [2.45, 2.75) is 19.9 Å². The Hall–Kier alpha value is -1.67. The largest absolute Gasteiger partial charge is 0.492 e. The van der Waals surface area contributed by atoms with Gasteiger partial charge in [-0.2, -0.15) is 0 Å². The molecule has 0 saturated carbocycles. The van der Waals surface area contributed by atoms with Crippen LogP contribution in [-0.2, 0) is 0 Å². The standard InChI is InChI=1S/C16H18ClNO/c1-3-19-16-10-9-14(11-15(16)17)18-12(2)13-7-5-4-6-8-13/h4-12,18H,3H2,1-2H3. The number of halogens is 1. The first-order chi connectivity index (χ1) is 9.20. The van der Waals surface area contributed by atoms with Gasteiger partial charge in [0, 0.05) is 11.7 Å². The Kier molecular flexibility index (Phi) is 4.69. The Labute approximate surface area is 119 Å². The van der Waals surface area contributed by atoms with Crippen molar-refractivity contribution in [3.8, 4) is 5.75 Å². The molecule has 2 rings (SSSR count). The van der Waals surface area contributed by atoms with Crippen LogP contribution in [0.3, 0.4) is 0 Å². The molecule has 19 heavy (non-hydrogen) atoms. The molecule has 2 aromatic rings. The Morgan fingerprint density at radius 3 is 2.53 bits per heavy atom. The molecule has 2 aromatic carbocycles. The summed E-state index contributed by atoms with van der Waals surface area (Å²) in [6.07, 6.45) is 0. The summed E-state index contributed by atoms with van der Waals surface area (Å²) in [7, 11) is 0. The van der Waals surface area contributed by atoms with Gasteiger partial charge in [0.25, 0.3) is 0 Å². The first-order valence-corrected chi connectivity index (χ1v) is 6.82. The lowest BCUT2D eigenvalue weighted by Crippen LogP contribution is -2.06. The maximum absolute atomic E-state index is 6.17. The van der Waals surface area contributed by atoms with Gasteiger partial charge in [0.2, 0.25) is 0 Å². The topological polar surface area (TPSA) is 21.3 Å². The van der Waals surface area contributed by atoms with E-state index in [-0.39, 0.29) is 6.04 Å². The van der Waals surface area contributed by atoms with E-state index in [0.717, 1.165) is 11.4 Å². The summed E-state index contributed by atoms with van der Waals surface area (Å²) < 4.78 is 5.42. The fourth-order valence-electron chi connectivity index (χ4n) is 1.94. The van der Waals surface area contributed by atoms with Crippen LogP contribution in [0.5, 0.6) is 5.75 Å². The third kappa shape index (κ3) is 3.65. The Morgan fingerprint density at radius 2 is 1.89 bits per heavy atom. The average Bonchev–Trinajstić information content (AvgIpc) is 2.43. The van der Waals surface area contributed by atoms with Crippen LogP contribution in [0.2, 0.25) is 5.02 Å². The summed E-state index contributed by atoms with van der Waals surface area (Å²) in [6, 6.07) is 16.3. The van der Waals surface area contributed by atoms with Crippen LogP contribution in [0.4, 0.5) is 5.69 Å². The number of rotatable bonds is 5. The highest BCUT2D eigenvalue weighted by Gasteiger charge is 2.07. The predicted octanol–water partition coefficient (Wildman–Crippen LogP) is 4.91. The molecule has 1 N–H and O–H groups in total. The Balaban J connectivity index is 2.09. The van der Waals surface area contributed by atoms with Gasteiger partial charge in [-0.1, -0.05) is 41.9 Å². The van der Waals surface area contributed by atoms with Gasteiger partial charge in [0.05, 0.1) is 11.6 Å². The van der Waals surface area contributed by atoms with Crippen LogP contribution in [-0.4, -0.2) is 6.61 Å². The molecule has 0 bridgehead atoms. The van der Waals surface area contributed by atoms with Crippen molar-refractivity contribution in [1.82, 2.24) is 0 Å². The van der Waals surface area contributed by atoms with E-state index >= 15 is 0 Å². The van der Waals surface area contributed by atoms with Crippen LogP contribution >= 0.6 is 11.6 Å². The van der Waals surface area contributed by atoms with Gasteiger partial charge < -0.3 is 10.1 Å². The molecule has 3 heteroatoms. The van der Waals surface area contributed by atoms with Crippen molar-refractivity contribution in [2.75, 3.05) is 11.9 Å². The summed E-state index contributed by atoms with van der Waals surface area (Å²) >= 11 is 6.17. The lowest BCUT2D eigenvalue weighted by Gasteiger charge is -2.16. The molecule has 1 atom stereocenters. The van der Waals surface area contributed by atoms with Crippen LogP contribution in [0.15, 0.2) is 48.5 Å². The number of ether oxygens (including phenoxy) is 1. The second kappa shape index (κ2) is 6.48. The summed E-state index contributed by atoms with van der Waals surface area (Å²) in [5.74, 6) is 0.724. The molecule has 100 valence electrons. The zero-order valence-electron chi connectivity index (χ0n) is 11.2. The maximum Gasteiger partial charge on any atom is 0.138 e. The molecular weight excluding hydrogens is 258 g/mol. The first-order valence-electron chi connectivity index (χ1n) is 6.44. The zero-order chi connectivity index (χ0) is 13.7. The van der Waals surface area contributed by atoms with E-state index in [0.29, 0.717) is 11.6 Å². The molecule has 0 aliphatic heterocycles. The molecule has 0 radical (unpaired) electrons. The molecule has 0 amide bonds. The van der Waals surface area contributed by atoms with E-state index in [2.05, 4.69) is 24.4 Å². The molecule has 0 aromatic heterocycles. The van der Waals surface area contributed by atoms with Gasteiger partial charge >= 0.3 is 0 Å². The van der Waals surface area contributed by atoms with Crippen molar-refractivity contribution in [1.29, 1.82) is 0 Å². The molecular formula is C16H18ClNO. The van der Waals surface area contributed by atoms with Crippen molar-refractivity contribution in [2.24, 2.45) is 0 Å². The van der Waals surface area contributed by atoms with Gasteiger partial charge in [-0.15, -0.1) is 0 Å². The normalized spacial score (nSPS) is 11.9. The van der Waals surface area contributed by atoms with Crippen LogP contribution in [0.1, 0.15) is 25.5 Å². The maximum atomic E-state index is 6.17. The third-order valence-corrected chi connectivity index (χ3v) is 3.21. The van der Waals surface area contributed by atoms with Crippen LogP contribution in [0.25, 0.3) is 0 Å². The van der Waals surface area contributed by atoms with Crippen LogP contribution < -0.4 is 10.1 Å². The summed E-state index contributed by atoms with van der Waals surface area (Å²) in [4.78, 5) is 0. The van der Waals surface area contributed by atoms with Crippen molar-refractivity contribution < 1.29 is 4.74 Å². The predicted molar refractivity (Wildman–Crippen MR) is 81.1 cm³/mol. The third-order valence-electron chi connectivity index (χ3n) is 2.91. The molecule has 1 unspecified atom stereocenters. The minimum Gasteiger partial charge on any atom is -0.492 e. The molecule has 0 aliphatic rings. The highest BCUT2D eigenvalue weighted by atomic mass is 35.5. The van der Waals surface area contributed by atoms with Crippen molar-refractivity contribution in [3.63, 3.8) is 0 Å². The van der Waals surface area contributed by atoms with E-state index in [4.69, 9.17) is 16.3 Å². The second-order valence-electron chi connectivity index (χ2n) is 4.35. The van der Waals surface area contributed by atoms with Gasteiger partial charge in [-0.05, 0) is 37.6 Å². The monoisotopic (exact) mass is 275 g/mol. The zero-order valence-corrected chi connectivity index (χ0v) is 11.9. The highest BCUT2D eigenvalue weighted by Crippen LogP contribution is 2.29. The van der Waals surface area contributed by atoms with Gasteiger partial charge in [0.1, 0.15) is 5.75 Å². The second-order valence-corrected chi connectivity index (χ2v) is 4.76. The van der Waals surface area contributed by atoms with Crippen molar-refractivity contribution in [3.05, 3.63) is 59.1 Å². The van der Waals surface area contributed by atoms with E-state index in [9.17, 15) is 0 Å². The quantitative estimate of drug-likeness (QED) is 0.837. The van der Waals surface area contributed by atoms with E-state index < -0.39 is 0 Å². The fraction of sp³-hybridized carbons (Fsp3) is 0.250. The fourth-order valence-corrected chi connectivity index (χ4v) is 2.17. The SMILES string of the molecule is CCOc1ccc(NC(C)c2ccccc2)cc1Cl. The molecule has 0 saturated heterocycles. The molecule has 0 heterocycles. The molecule has 0 spiro atoms. The van der Waals surface area contributed by atoms with E-state index in [1.54, 1.807) is 0 Å². The minimum atomic E-state index is 0.232. The number of hydrogen-bond donors (Lipinski definition) is 1. The first kappa shape index (κ1) is 13.8. The highest BCUT2D eigenvalue weighted by molar-refractivity contribution is 6.32. The number of hydrogen-bond acceptors (Lipinski definition) is 2. The van der Waals surface area contributed by atoms with E-state index in [1.165, 1.54) is 5.56 Å². The van der Waals surface area contributed by atoms with Gasteiger partial charge in [0.15, 0.2) is 0 Å². The summed E-state index contributed by atoms with van der Waals surface area (Å²) in [6.45, 7) is 4.69. The van der Waals surface area contributed by atoms with E-state index in [1.807, 2.05) is 43.3 Å². The molecule has 0 aliphatic carbocycles. The number of benzene rings is 2. The van der Waals surface area contributed by atoms with Gasteiger partial charge in [-0.25, -0.2) is 0 Å². The minimum absolute atomic E-state index is 0.232. The average molecular weight is 276 g/mol. The molecule has 0 fully saturated rings.